The van der Waals surface area contributed by atoms with Gasteiger partial charge in [-0.1, -0.05) is 19.8 Å². The van der Waals surface area contributed by atoms with Crippen molar-refractivity contribution in [3.8, 4) is 0 Å². The average Bonchev–Trinajstić information content (AvgIpc) is 2.98. The Kier molecular flexibility index (Phi) is 3.53. The van der Waals surface area contributed by atoms with Gasteiger partial charge in [0.2, 0.25) is 5.91 Å². The summed E-state index contributed by atoms with van der Waals surface area (Å²) in [5.41, 5.74) is 6.08. The second-order valence-electron chi connectivity index (χ2n) is 5.56. The molecule has 2 fully saturated rings. The Bertz CT molecular complexity index is 255. The fourth-order valence-electron chi connectivity index (χ4n) is 2.80. The summed E-state index contributed by atoms with van der Waals surface area (Å²) < 4.78 is 0. The highest BCUT2D eigenvalue weighted by molar-refractivity contribution is 5.78. The molecule has 0 spiro atoms. The highest BCUT2D eigenvalue weighted by Gasteiger charge is 2.37. The van der Waals surface area contributed by atoms with Gasteiger partial charge in [-0.3, -0.25) is 4.79 Å². The van der Waals surface area contributed by atoms with Crippen molar-refractivity contribution in [1.82, 2.24) is 4.90 Å². The molecule has 2 rings (SSSR count). The number of hydrogen-bond acceptors (Lipinski definition) is 2. The number of carbonyl (C=O) groups excluding carboxylic acids is 1. The molecule has 0 aromatic rings. The number of amides is 1. The molecule has 3 heteroatoms. The van der Waals surface area contributed by atoms with Crippen LogP contribution < -0.4 is 5.73 Å². The van der Waals surface area contributed by atoms with Crippen LogP contribution in [0, 0.1) is 0 Å². The number of carbonyl (C=O) groups is 1. The summed E-state index contributed by atoms with van der Waals surface area (Å²) in [5.74, 6) is 0.300. The average molecular weight is 224 g/mol. The van der Waals surface area contributed by atoms with Crippen LogP contribution in [0.2, 0.25) is 0 Å². The van der Waals surface area contributed by atoms with Gasteiger partial charge in [0.15, 0.2) is 0 Å². The largest absolute Gasteiger partial charge is 0.340 e. The van der Waals surface area contributed by atoms with E-state index in [1.165, 1.54) is 25.7 Å². The predicted octanol–water partition coefficient (Wildman–Crippen LogP) is 2.05. The van der Waals surface area contributed by atoms with Gasteiger partial charge in [-0.15, -0.1) is 0 Å². The van der Waals surface area contributed by atoms with Gasteiger partial charge in [-0.25, -0.2) is 0 Å². The van der Waals surface area contributed by atoms with Crippen LogP contribution in [0.1, 0.15) is 58.3 Å². The van der Waals surface area contributed by atoms with Gasteiger partial charge in [0.25, 0.3) is 0 Å². The van der Waals surface area contributed by atoms with E-state index >= 15 is 0 Å². The van der Waals surface area contributed by atoms with E-state index < -0.39 is 0 Å². The summed E-state index contributed by atoms with van der Waals surface area (Å²) >= 11 is 0. The van der Waals surface area contributed by atoms with Crippen LogP contribution in [-0.4, -0.2) is 28.9 Å². The lowest BCUT2D eigenvalue weighted by molar-refractivity contribution is -0.133. The second-order valence-corrected chi connectivity index (χ2v) is 5.56. The maximum Gasteiger partial charge on any atom is 0.224 e. The molecule has 0 aromatic heterocycles. The lowest BCUT2D eigenvalue weighted by Gasteiger charge is -2.28. The molecule has 0 saturated heterocycles. The smallest absolute Gasteiger partial charge is 0.224 e. The van der Waals surface area contributed by atoms with Crippen molar-refractivity contribution in [1.29, 1.82) is 0 Å². The molecule has 0 aliphatic heterocycles. The van der Waals surface area contributed by atoms with E-state index in [0.29, 0.717) is 18.4 Å². The molecule has 2 saturated carbocycles. The number of hydrogen-bond donors (Lipinski definition) is 1. The topological polar surface area (TPSA) is 46.3 Å². The first kappa shape index (κ1) is 11.9. The molecule has 3 nitrogen and oxygen atoms in total. The Morgan fingerprint density at radius 1 is 1.38 bits per heavy atom. The molecule has 0 radical (unpaired) electrons. The van der Waals surface area contributed by atoms with Gasteiger partial charge in [0.1, 0.15) is 0 Å². The molecule has 0 atom stereocenters. The second kappa shape index (κ2) is 4.74. The van der Waals surface area contributed by atoms with E-state index in [-0.39, 0.29) is 5.54 Å². The molecule has 2 aliphatic rings. The Hall–Kier alpha value is -0.570. The van der Waals surface area contributed by atoms with Gasteiger partial charge < -0.3 is 10.6 Å². The Morgan fingerprint density at radius 2 is 2.00 bits per heavy atom. The lowest BCUT2D eigenvalue weighted by Crippen LogP contribution is -2.44. The summed E-state index contributed by atoms with van der Waals surface area (Å²) in [4.78, 5) is 14.3. The van der Waals surface area contributed by atoms with Crippen molar-refractivity contribution in [2.75, 3.05) is 6.54 Å². The molecule has 92 valence electrons. The van der Waals surface area contributed by atoms with Crippen LogP contribution in [0.4, 0.5) is 0 Å². The van der Waals surface area contributed by atoms with E-state index in [0.717, 1.165) is 25.8 Å². The highest BCUT2D eigenvalue weighted by Crippen LogP contribution is 2.33. The van der Waals surface area contributed by atoms with E-state index in [9.17, 15) is 4.79 Å². The molecule has 2 N–H and O–H groups in total. The zero-order chi connectivity index (χ0) is 11.6. The quantitative estimate of drug-likeness (QED) is 0.777. The molecule has 16 heavy (non-hydrogen) atoms. The van der Waals surface area contributed by atoms with Crippen LogP contribution in [0.5, 0.6) is 0 Å². The van der Waals surface area contributed by atoms with Gasteiger partial charge in [0.05, 0.1) is 0 Å². The van der Waals surface area contributed by atoms with Gasteiger partial charge in [-0.05, 0) is 32.1 Å². The van der Waals surface area contributed by atoms with Crippen molar-refractivity contribution in [3.63, 3.8) is 0 Å². The van der Waals surface area contributed by atoms with Crippen LogP contribution >= 0.6 is 0 Å². The van der Waals surface area contributed by atoms with Crippen LogP contribution in [0.3, 0.4) is 0 Å². The summed E-state index contributed by atoms with van der Waals surface area (Å²) in [6, 6.07) is 0.539. The SMILES string of the molecule is CCCN(C(=O)CC1(N)CCCC1)C1CC1. The molecule has 2 aliphatic carbocycles. The number of rotatable bonds is 5. The van der Waals surface area contributed by atoms with Crippen molar-refractivity contribution in [2.24, 2.45) is 5.73 Å². The van der Waals surface area contributed by atoms with E-state index in [1.807, 2.05) is 0 Å². The Balaban J connectivity index is 1.89. The zero-order valence-electron chi connectivity index (χ0n) is 10.4. The van der Waals surface area contributed by atoms with Crippen LogP contribution in [0.15, 0.2) is 0 Å². The third-order valence-corrected chi connectivity index (χ3v) is 3.88. The Morgan fingerprint density at radius 3 is 2.50 bits per heavy atom. The molecule has 0 heterocycles. The predicted molar refractivity (Wildman–Crippen MR) is 65.0 cm³/mol. The molecule has 0 bridgehead atoms. The lowest BCUT2D eigenvalue weighted by atomic mass is 9.94. The van der Waals surface area contributed by atoms with E-state index in [2.05, 4.69) is 11.8 Å². The summed E-state index contributed by atoms with van der Waals surface area (Å²) in [6.07, 6.45) is 8.48. The number of nitrogens with zero attached hydrogens (tertiary/aromatic N) is 1. The first-order valence-electron chi connectivity index (χ1n) is 6.73. The van der Waals surface area contributed by atoms with Crippen molar-refractivity contribution < 1.29 is 4.79 Å². The van der Waals surface area contributed by atoms with E-state index in [4.69, 9.17) is 5.73 Å². The fraction of sp³-hybridized carbons (Fsp3) is 0.923. The first-order chi connectivity index (χ1) is 7.64. The maximum absolute atomic E-state index is 12.2. The molecule has 1 amide bonds. The van der Waals surface area contributed by atoms with E-state index in [1.54, 1.807) is 0 Å². The fourth-order valence-corrected chi connectivity index (χ4v) is 2.80. The van der Waals surface area contributed by atoms with Crippen molar-refractivity contribution >= 4 is 5.91 Å². The summed E-state index contributed by atoms with van der Waals surface area (Å²) in [5, 5.41) is 0. The minimum Gasteiger partial charge on any atom is -0.340 e. The molecular formula is C13H24N2O. The van der Waals surface area contributed by atoms with Crippen LogP contribution in [-0.2, 0) is 4.79 Å². The molecule has 0 unspecified atom stereocenters. The summed E-state index contributed by atoms with van der Waals surface area (Å²) in [7, 11) is 0. The number of nitrogens with two attached hydrogens (primary N) is 1. The van der Waals surface area contributed by atoms with Crippen molar-refractivity contribution in [3.05, 3.63) is 0 Å². The molecule has 0 aromatic carbocycles. The highest BCUT2D eigenvalue weighted by atomic mass is 16.2. The van der Waals surface area contributed by atoms with Gasteiger partial charge in [-0.2, -0.15) is 0 Å². The van der Waals surface area contributed by atoms with Gasteiger partial charge in [0, 0.05) is 24.5 Å². The zero-order valence-corrected chi connectivity index (χ0v) is 10.4. The third kappa shape index (κ3) is 2.76. The normalized spacial score (nSPS) is 23.4. The van der Waals surface area contributed by atoms with Crippen LogP contribution in [0.25, 0.3) is 0 Å². The minimum atomic E-state index is -0.183. The monoisotopic (exact) mass is 224 g/mol. The van der Waals surface area contributed by atoms with Gasteiger partial charge >= 0.3 is 0 Å². The van der Waals surface area contributed by atoms with Crippen molar-refractivity contribution in [2.45, 2.75) is 69.9 Å². The third-order valence-electron chi connectivity index (χ3n) is 3.88. The maximum atomic E-state index is 12.2. The molecular weight excluding hydrogens is 200 g/mol. The minimum absolute atomic E-state index is 0.183. The first-order valence-corrected chi connectivity index (χ1v) is 6.73. The summed E-state index contributed by atoms with van der Waals surface area (Å²) in [6.45, 7) is 3.05. The standard InChI is InChI=1S/C13H24N2O/c1-2-9-15(11-5-6-11)12(16)10-13(14)7-3-4-8-13/h11H,2-10,14H2,1H3. The Labute approximate surface area is 98.4 Å².